The standard InChI is InChI=1S/C42H49ClFN5O5/c1-28-35(26-38(51-2)40(53-4)39(28)52-3)41(50)45-27-30(29-9-7-10-31(43)25-29)17-21-48-22-18-33(19-23-48)46-42-47-36-11-5-6-12-37(36)49(42)20-8-24-54-34-15-13-32(44)14-16-34/h5-7,9-16,25-26,30,33H,8,17-24,27H2,1-4H3,(H,45,50)(H,46,47). The third-order valence-electron chi connectivity index (χ3n) is 10.1. The van der Waals surface area contributed by atoms with E-state index >= 15 is 0 Å². The van der Waals surface area contributed by atoms with E-state index in [1.807, 2.05) is 43.3 Å². The summed E-state index contributed by atoms with van der Waals surface area (Å²) in [6, 6.07) is 24.2. The van der Waals surface area contributed by atoms with Crippen LogP contribution < -0.4 is 29.6 Å². The molecule has 5 aromatic rings. The number of imidazole rings is 1. The van der Waals surface area contributed by atoms with Crippen LogP contribution in [0.4, 0.5) is 10.3 Å². The van der Waals surface area contributed by atoms with Gasteiger partial charge >= 0.3 is 0 Å². The van der Waals surface area contributed by atoms with E-state index in [0.717, 1.165) is 74.4 Å². The Morgan fingerprint density at radius 1 is 0.944 bits per heavy atom. The maximum Gasteiger partial charge on any atom is 0.251 e. The summed E-state index contributed by atoms with van der Waals surface area (Å²) < 4.78 is 38.0. The van der Waals surface area contributed by atoms with Crippen molar-refractivity contribution >= 4 is 34.5 Å². The molecule has 1 unspecified atom stereocenters. The minimum atomic E-state index is -0.277. The van der Waals surface area contributed by atoms with Crippen molar-refractivity contribution in [3.63, 3.8) is 0 Å². The lowest BCUT2D eigenvalue weighted by atomic mass is 9.94. The Hall–Kier alpha value is -5.00. The Kier molecular flexibility index (Phi) is 13.2. The van der Waals surface area contributed by atoms with Crippen molar-refractivity contribution in [2.24, 2.45) is 0 Å². The molecule has 286 valence electrons. The van der Waals surface area contributed by atoms with Gasteiger partial charge in [-0.25, -0.2) is 9.37 Å². The van der Waals surface area contributed by atoms with Gasteiger partial charge in [-0.2, -0.15) is 0 Å². The number of aryl methyl sites for hydroxylation is 1. The van der Waals surface area contributed by atoms with Gasteiger partial charge in [-0.3, -0.25) is 4.79 Å². The third kappa shape index (κ3) is 9.37. The molecular formula is C42H49ClFN5O5. The molecule has 10 nitrogen and oxygen atoms in total. The molecule has 12 heteroatoms. The van der Waals surface area contributed by atoms with Gasteiger partial charge in [0.2, 0.25) is 11.7 Å². The number of ether oxygens (including phenoxy) is 4. The molecule has 1 aromatic heterocycles. The fourth-order valence-corrected chi connectivity index (χ4v) is 7.37. The van der Waals surface area contributed by atoms with E-state index in [2.05, 4.69) is 32.2 Å². The highest BCUT2D eigenvalue weighted by Crippen LogP contribution is 2.41. The number of para-hydroxylation sites is 2. The van der Waals surface area contributed by atoms with Crippen LogP contribution in [-0.2, 0) is 6.54 Å². The number of nitrogens with zero attached hydrogens (tertiary/aromatic N) is 3. The molecular weight excluding hydrogens is 709 g/mol. The van der Waals surface area contributed by atoms with Crippen molar-refractivity contribution < 1.29 is 28.1 Å². The largest absolute Gasteiger partial charge is 0.494 e. The number of fused-ring (bicyclic) bond motifs is 1. The predicted molar refractivity (Wildman–Crippen MR) is 211 cm³/mol. The third-order valence-corrected chi connectivity index (χ3v) is 10.4. The SMILES string of the molecule is COc1cc(C(=O)NCC(CCN2CCC(Nc3nc4ccccc4n3CCCOc3ccc(F)cc3)CC2)c2cccc(Cl)c2)c(C)c(OC)c1OC. The Bertz CT molecular complexity index is 2020. The summed E-state index contributed by atoms with van der Waals surface area (Å²) in [5, 5.41) is 7.59. The van der Waals surface area contributed by atoms with Gasteiger partial charge in [-0.05, 0) is 99.3 Å². The molecule has 0 aliphatic carbocycles. The molecule has 2 N–H and O–H groups in total. The fourth-order valence-electron chi connectivity index (χ4n) is 7.17. The lowest BCUT2D eigenvalue weighted by Gasteiger charge is -2.33. The van der Waals surface area contributed by atoms with E-state index in [9.17, 15) is 9.18 Å². The van der Waals surface area contributed by atoms with Gasteiger partial charge < -0.3 is 39.0 Å². The van der Waals surface area contributed by atoms with Crippen molar-refractivity contribution in [2.75, 3.05) is 59.4 Å². The van der Waals surface area contributed by atoms with Crippen LogP contribution in [-0.4, -0.2) is 80.5 Å². The van der Waals surface area contributed by atoms with Gasteiger partial charge in [0.15, 0.2) is 11.5 Å². The summed E-state index contributed by atoms with van der Waals surface area (Å²) >= 11 is 6.43. The Balaban J connectivity index is 1.05. The summed E-state index contributed by atoms with van der Waals surface area (Å²) in [6.07, 6.45) is 3.59. The molecule has 2 heterocycles. The number of rotatable bonds is 17. The lowest BCUT2D eigenvalue weighted by Crippen LogP contribution is -2.40. The predicted octanol–water partition coefficient (Wildman–Crippen LogP) is 8.11. The summed E-state index contributed by atoms with van der Waals surface area (Å²) in [5.74, 6) is 2.45. The first-order chi connectivity index (χ1) is 26.3. The van der Waals surface area contributed by atoms with Crippen LogP contribution in [0.2, 0.25) is 5.02 Å². The lowest BCUT2D eigenvalue weighted by molar-refractivity contribution is 0.0948. The van der Waals surface area contributed by atoms with Crippen LogP contribution >= 0.6 is 11.6 Å². The zero-order valence-corrected chi connectivity index (χ0v) is 32.1. The molecule has 6 rings (SSSR count). The van der Waals surface area contributed by atoms with E-state index in [-0.39, 0.29) is 23.7 Å². The van der Waals surface area contributed by atoms with Crippen LogP contribution in [0.5, 0.6) is 23.0 Å². The number of piperidine rings is 1. The number of likely N-dealkylation sites (tertiary alicyclic amines) is 1. The number of carbonyl (C=O) groups excluding carboxylic acids is 1. The van der Waals surface area contributed by atoms with Crippen LogP contribution in [0.15, 0.2) is 78.9 Å². The minimum absolute atomic E-state index is 0.0535. The van der Waals surface area contributed by atoms with Gasteiger partial charge in [0.05, 0.1) is 39.0 Å². The summed E-state index contributed by atoms with van der Waals surface area (Å²) in [6.45, 7) is 6.31. The average molecular weight is 758 g/mol. The second-order valence-electron chi connectivity index (χ2n) is 13.6. The molecule has 1 saturated heterocycles. The molecule has 0 saturated carbocycles. The van der Waals surface area contributed by atoms with Crippen LogP contribution in [0.25, 0.3) is 11.0 Å². The highest BCUT2D eigenvalue weighted by Gasteiger charge is 2.25. The Labute approximate surface area is 321 Å². The minimum Gasteiger partial charge on any atom is -0.494 e. The average Bonchev–Trinajstić information content (AvgIpc) is 3.53. The quantitative estimate of drug-likeness (QED) is 0.0919. The van der Waals surface area contributed by atoms with Crippen LogP contribution in [0.1, 0.15) is 53.1 Å². The maximum atomic E-state index is 13.6. The smallest absolute Gasteiger partial charge is 0.251 e. The molecule has 1 aliphatic rings. The van der Waals surface area contributed by atoms with E-state index in [1.165, 1.54) is 19.2 Å². The Morgan fingerprint density at radius 2 is 1.70 bits per heavy atom. The number of nitrogens with one attached hydrogen (secondary N) is 2. The molecule has 1 fully saturated rings. The van der Waals surface area contributed by atoms with Gasteiger partial charge in [0.25, 0.3) is 5.91 Å². The number of benzene rings is 4. The number of carbonyl (C=O) groups is 1. The van der Waals surface area contributed by atoms with Crippen molar-refractivity contribution in [1.29, 1.82) is 0 Å². The summed E-state index contributed by atoms with van der Waals surface area (Å²) in [5.41, 5.74) is 4.27. The monoisotopic (exact) mass is 757 g/mol. The number of aromatic nitrogens is 2. The van der Waals surface area contributed by atoms with Crippen LogP contribution in [0, 0.1) is 12.7 Å². The number of amides is 1. The highest BCUT2D eigenvalue weighted by atomic mass is 35.5. The molecule has 0 spiro atoms. The van der Waals surface area contributed by atoms with E-state index in [0.29, 0.717) is 52.3 Å². The number of anilines is 1. The molecule has 54 heavy (non-hydrogen) atoms. The fraction of sp³-hybridized carbons (Fsp3) is 0.381. The van der Waals surface area contributed by atoms with Gasteiger partial charge in [-0.15, -0.1) is 0 Å². The normalized spacial score (nSPS) is 14.1. The second-order valence-corrected chi connectivity index (χ2v) is 14.0. The van der Waals surface area contributed by atoms with Crippen molar-refractivity contribution in [2.45, 2.75) is 51.1 Å². The van der Waals surface area contributed by atoms with Gasteiger partial charge in [0, 0.05) is 54.3 Å². The number of hydrogen-bond acceptors (Lipinski definition) is 8. The van der Waals surface area contributed by atoms with Gasteiger partial charge in [0.1, 0.15) is 11.6 Å². The maximum absolute atomic E-state index is 13.6. The van der Waals surface area contributed by atoms with E-state index in [4.69, 9.17) is 35.5 Å². The number of halogens is 2. The van der Waals surface area contributed by atoms with Crippen molar-refractivity contribution in [3.8, 4) is 23.0 Å². The second kappa shape index (κ2) is 18.4. The summed E-state index contributed by atoms with van der Waals surface area (Å²) in [7, 11) is 4.63. The number of hydrogen-bond donors (Lipinski definition) is 2. The molecule has 1 aliphatic heterocycles. The first-order valence-electron chi connectivity index (χ1n) is 18.4. The zero-order valence-electron chi connectivity index (χ0n) is 31.4. The molecule has 0 radical (unpaired) electrons. The first-order valence-corrected chi connectivity index (χ1v) is 18.8. The van der Waals surface area contributed by atoms with E-state index < -0.39 is 0 Å². The van der Waals surface area contributed by atoms with Crippen molar-refractivity contribution in [3.05, 3.63) is 106 Å². The van der Waals surface area contributed by atoms with Crippen LogP contribution in [0.3, 0.4) is 0 Å². The molecule has 1 atom stereocenters. The van der Waals surface area contributed by atoms with Crippen molar-refractivity contribution in [1.82, 2.24) is 19.8 Å². The van der Waals surface area contributed by atoms with E-state index in [1.54, 1.807) is 32.4 Å². The topological polar surface area (TPSA) is 99.1 Å². The zero-order chi connectivity index (χ0) is 38.0. The molecule has 0 bridgehead atoms. The highest BCUT2D eigenvalue weighted by molar-refractivity contribution is 6.30. The molecule has 4 aromatic carbocycles. The first kappa shape index (κ1) is 38.7. The molecule has 1 amide bonds. The number of methoxy groups -OCH3 is 3. The van der Waals surface area contributed by atoms with Gasteiger partial charge in [-0.1, -0.05) is 35.9 Å². The summed E-state index contributed by atoms with van der Waals surface area (Å²) in [4.78, 5) is 21.0. The Morgan fingerprint density at radius 3 is 2.43 bits per heavy atom.